The van der Waals surface area contributed by atoms with Gasteiger partial charge in [0.05, 0.1) is 5.39 Å². The molecule has 0 saturated carbocycles. The number of hydrogen-bond donors (Lipinski definition) is 2. The quantitative estimate of drug-likeness (QED) is 0.599. The van der Waals surface area contributed by atoms with Gasteiger partial charge in [-0.2, -0.15) is 0 Å². The van der Waals surface area contributed by atoms with E-state index in [1.165, 1.54) is 0 Å². The average Bonchev–Trinajstić information content (AvgIpc) is 2.30. The maximum absolute atomic E-state index is 9.28. The lowest BCUT2D eigenvalue weighted by atomic mass is 10.2. The van der Waals surface area contributed by atoms with Crippen LogP contribution >= 0.6 is 0 Å². The summed E-state index contributed by atoms with van der Waals surface area (Å²) in [4.78, 5) is 0. The van der Waals surface area contributed by atoms with Crippen LogP contribution in [0.15, 0.2) is 28.7 Å². The van der Waals surface area contributed by atoms with Gasteiger partial charge in [-0.25, -0.2) is 0 Å². The number of hydrogen-bond acceptors (Lipinski definition) is 3. The molecule has 11 heavy (non-hydrogen) atoms. The van der Waals surface area contributed by atoms with E-state index in [-0.39, 0.29) is 11.6 Å². The molecule has 3 nitrogen and oxygen atoms in total. The predicted molar refractivity (Wildman–Crippen MR) is 42.3 cm³/mol. The van der Waals surface area contributed by atoms with E-state index in [1.807, 2.05) is 12.1 Å². The maximum Gasteiger partial charge on any atom is 0.234 e. The molecule has 2 aromatic rings. The van der Waals surface area contributed by atoms with E-state index in [9.17, 15) is 5.11 Å². The molecule has 3 N–H and O–H groups in total. The molecule has 0 unspecified atom stereocenters. The third-order valence-electron chi connectivity index (χ3n) is 1.60. The second-order valence-corrected chi connectivity index (χ2v) is 2.31. The Labute approximate surface area is 63.0 Å². The summed E-state index contributed by atoms with van der Waals surface area (Å²) in [5.41, 5.74) is 5.95. The van der Waals surface area contributed by atoms with E-state index in [0.29, 0.717) is 11.0 Å². The van der Waals surface area contributed by atoms with Crippen LogP contribution in [0.5, 0.6) is 5.75 Å². The third kappa shape index (κ3) is 0.741. The number of nitrogens with two attached hydrogens (primary N) is 1. The van der Waals surface area contributed by atoms with Gasteiger partial charge >= 0.3 is 0 Å². The molecule has 1 aromatic carbocycles. The highest BCUT2D eigenvalue weighted by molar-refractivity contribution is 5.88. The summed E-state index contributed by atoms with van der Waals surface area (Å²) in [6.07, 6.45) is 0. The van der Waals surface area contributed by atoms with Crippen molar-refractivity contribution in [3.05, 3.63) is 24.3 Å². The molecule has 0 atom stereocenters. The molecule has 0 aliphatic carbocycles. The second-order valence-electron chi connectivity index (χ2n) is 2.31. The molecule has 1 heterocycles. The Balaban J connectivity index is 2.92. The zero-order chi connectivity index (χ0) is 7.84. The van der Waals surface area contributed by atoms with Gasteiger partial charge in [-0.15, -0.1) is 0 Å². The van der Waals surface area contributed by atoms with Crippen LogP contribution < -0.4 is 5.73 Å². The highest BCUT2D eigenvalue weighted by Crippen LogP contribution is 2.33. The van der Waals surface area contributed by atoms with E-state index >= 15 is 0 Å². The van der Waals surface area contributed by atoms with Gasteiger partial charge in [0.1, 0.15) is 5.58 Å². The lowest BCUT2D eigenvalue weighted by Crippen LogP contribution is -1.77. The number of anilines is 1. The summed E-state index contributed by atoms with van der Waals surface area (Å²) >= 11 is 0. The summed E-state index contributed by atoms with van der Waals surface area (Å²) in [6, 6.07) is 7.15. The van der Waals surface area contributed by atoms with Crippen LogP contribution in [0.1, 0.15) is 0 Å². The van der Waals surface area contributed by atoms with Crippen LogP contribution in [-0.2, 0) is 0 Å². The standard InChI is InChI=1S/C8H7NO2/c9-8-7(10)5-3-1-2-4-6(5)11-8/h1-4,10H,9H2. The van der Waals surface area contributed by atoms with Crippen molar-refractivity contribution in [3.8, 4) is 5.75 Å². The number of benzene rings is 1. The minimum atomic E-state index is 0.0283. The molecule has 1 aromatic heterocycles. The lowest BCUT2D eigenvalue weighted by molar-refractivity contribution is 0.472. The first-order chi connectivity index (χ1) is 5.29. The Morgan fingerprint density at radius 2 is 2.00 bits per heavy atom. The normalized spacial score (nSPS) is 10.5. The first kappa shape index (κ1) is 6.09. The van der Waals surface area contributed by atoms with Gasteiger partial charge < -0.3 is 15.3 Å². The molecular formula is C8H7NO2. The van der Waals surface area contributed by atoms with Crippen molar-refractivity contribution in [2.24, 2.45) is 0 Å². The van der Waals surface area contributed by atoms with Crippen molar-refractivity contribution in [2.45, 2.75) is 0 Å². The number of para-hydroxylation sites is 1. The van der Waals surface area contributed by atoms with Crippen LogP contribution in [0.4, 0.5) is 5.88 Å². The fraction of sp³-hybridized carbons (Fsp3) is 0. The summed E-state index contributed by atoms with van der Waals surface area (Å²) in [5.74, 6) is 0.104. The number of nitrogen functional groups attached to an aromatic ring is 1. The van der Waals surface area contributed by atoms with E-state index in [1.54, 1.807) is 12.1 Å². The minimum Gasteiger partial charge on any atom is -0.503 e. The van der Waals surface area contributed by atoms with Gasteiger partial charge in [0.2, 0.25) is 5.88 Å². The Kier molecular flexibility index (Phi) is 1.06. The average molecular weight is 149 g/mol. The first-order valence-electron chi connectivity index (χ1n) is 3.25. The summed E-state index contributed by atoms with van der Waals surface area (Å²) in [6.45, 7) is 0. The largest absolute Gasteiger partial charge is 0.503 e. The zero-order valence-corrected chi connectivity index (χ0v) is 5.74. The van der Waals surface area contributed by atoms with E-state index in [4.69, 9.17) is 10.2 Å². The monoisotopic (exact) mass is 149 g/mol. The predicted octanol–water partition coefficient (Wildman–Crippen LogP) is 1.72. The molecule has 2 rings (SSSR count). The molecule has 0 bridgehead atoms. The Morgan fingerprint density at radius 1 is 1.27 bits per heavy atom. The van der Waals surface area contributed by atoms with Crippen LogP contribution in [0.3, 0.4) is 0 Å². The van der Waals surface area contributed by atoms with Gasteiger partial charge in [-0.05, 0) is 12.1 Å². The molecule has 0 fully saturated rings. The molecule has 0 amide bonds. The van der Waals surface area contributed by atoms with Crippen molar-refractivity contribution < 1.29 is 9.52 Å². The van der Waals surface area contributed by atoms with Gasteiger partial charge in [0, 0.05) is 0 Å². The van der Waals surface area contributed by atoms with Crippen molar-refractivity contribution in [1.29, 1.82) is 0 Å². The molecule has 56 valence electrons. The van der Waals surface area contributed by atoms with Crippen LogP contribution in [0, 0.1) is 0 Å². The maximum atomic E-state index is 9.28. The third-order valence-corrected chi connectivity index (χ3v) is 1.60. The number of aromatic hydroxyl groups is 1. The molecule has 0 saturated heterocycles. The van der Waals surface area contributed by atoms with Crippen molar-refractivity contribution in [1.82, 2.24) is 0 Å². The van der Waals surface area contributed by atoms with Crippen molar-refractivity contribution in [3.63, 3.8) is 0 Å². The fourth-order valence-electron chi connectivity index (χ4n) is 1.05. The lowest BCUT2D eigenvalue weighted by Gasteiger charge is -1.84. The topological polar surface area (TPSA) is 59.4 Å². The zero-order valence-electron chi connectivity index (χ0n) is 5.74. The van der Waals surface area contributed by atoms with Gasteiger partial charge in [0.25, 0.3) is 0 Å². The Hall–Kier alpha value is -1.64. The number of fused-ring (bicyclic) bond motifs is 1. The molecule has 0 aliphatic rings. The number of rotatable bonds is 0. The van der Waals surface area contributed by atoms with Gasteiger partial charge in [-0.1, -0.05) is 12.1 Å². The highest BCUT2D eigenvalue weighted by atomic mass is 16.4. The molecule has 0 aliphatic heterocycles. The molecule has 0 radical (unpaired) electrons. The van der Waals surface area contributed by atoms with Crippen LogP contribution in [-0.4, -0.2) is 5.11 Å². The first-order valence-corrected chi connectivity index (χ1v) is 3.25. The number of furan rings is 1. The smallest absolute Gasteiger partial charge is 0.234 e. The SMILES string of the molecule is Nc1oc2ccccc2c1O. The van der Waals surface area contributed by atoms with Crippen LogP contribution in [0.25, 0.3) is 11.0 Å². The minimum absolute atomic E-state index is 0.0283. The van der Waals surface area contributed by atoms with E-state index < -0.39 is 0 Å². The Bertz CT molecular complexity index is 392. The summed E-state index contributed by atoms with van der Waals surface area (Å²) in [7, 11) is 0. The Morgan fingerprint density at radius 3 is 2.73 bits per heavy atom. The summed E-state index contributed by atoms with van der Waals surface area (Å²) < 4.78 is 5.03. The van der Waals surface area contributed by atoms with Crippen molar-refractivity contribution >= 4 is 16.9 Å². The highest BCUT2D eigenvalue weighted by Gasteiger charge is 2.07. The molecular weight excluding hydrogens is 142 g/mol. The van der Waals surface area contributed by atoms with Crippen LogP contribution in [0.2, 0.25) is 0 Å². The van der Waals surface area contributed by atoms with E-state index in [0.717, 1.165) is 0 Å². The van der Waals surface area contributed by atoms with E-state index in [2.05, 4.69) is 0 Å². The second kappa shape index (κ2) is 1.92. The molecule has 0 spiro atoms. The van der Waals surface area contributed by atoms with Crippen molar-refractivity contribution in [2.75, 3.05) is 5.73 Å². The summed E-state index contributed by atoms with van der Waals surface area (Å²) in [5, 5.41) is 9.94. The molecule has 3 heteroatoms. The fourth-order valence-corrected chi connectivity index (χ4v) is 1.05. The van der Waals surface area contributed by atoms with Gasteiger partial charge in [-0.3, -0.25) is 0 Å². The van der Waals surface area contributed by atoms with Gasteiger partial charge in [0.15, 0.2) is 5.75 Å².